The maximum atomic E-state index is 3.50. The van der Waals surface area contributed by atoms with Gasteiger partial charge in [0.2, 0.25) is 0 Å². The van der Waals surface area contributed by atoms with E-state index in [4.69, 9.17) is 0 Å². The Morgan fingerprint density at radius 1 is 0.412 bits per heavy atom. The maximum Gasteiger partial charge on any atom is -0.0122 e. The third kappa shape index (κ3) is 22.1. The van der Waals surface area contributed by atoms with Gasteiger partial charge in [0.1, 0.15) is 0 Å². The molecule has 0 bridgehead atoms. The molecule has 0 aliphatic carbocycles. The van der Waals surface area contributed by atoms with E-state index in [0.29, 0.717) is 5.16 Å². The first-order chi connectivity index (χ1) is 16.1. The van der Waals surface area contributed by atoms with Crippen LogP contribution in [0.2, 0.25) is 0 Å². The summed E-state index contributed by atoms with van der Waals surface area (Å²) in [5.41, 5.74) is 0. The van der Waals surface area contributed by atoms with E-state index in [1.165, 1.54) is 167 Å². The average Bonchev–Trinajstić information content (AvgIpc) is 2.81. The fourth-order valence-electron chi connectivity index (χ4n) is 5.71. The minimum atomic E-state index is 0. The van der Waals surface area contributed by atoms with Crippen LogP contribution in [0.15, 0.2) is 0 Å². The number of hydrogen-bond acceptors (Lipinski definition) is 0. The first kappa shape index (κ1) is 37.1. The minimum absolute atomic E-state index is 0. The molecule has 2 atom stereocenters. The first-order valence-corrected chi connectivity index (χ1v) is 16.5. The van der Waals surface area contributed by atoms with Gasteiger partial charge in [0.05, 0.1) is 0 Å². The van der Waals surface area contributed by atoms with E-state index in [2.05, 4.69) is 36.9 Å². The standard InChI is InChI=1S/C32H67P.BrH/c1-5-9-13-17-18-20-24-28-31(27-23-19-14-10-6-2)32(33,29-25-21-15-11-7-3)30-26-22-16-12-8-4;/h31H,5-30,33H2,1-4H3;1H. The van der Waals surface area contributed by atoms with Crippen molar-refractivity contribution in [3.8, 4) is 0 Å². The summed E-state index contributed by atoms with van der Waals surface area (Å²) in [6, 6.07) is 0. The molecule has 0 aromatic rings. The van der Waals surface area contributed by atoms with Crippen molar-refractivity contribution in [3.05, 3.63) is 0 Å². The van der Waals surface area contributed by atoms with Crippen LogP contribution in [-0.2, 0) is 0 Å². The van der Waals surface area contributed by atoms with Crippen LogP contribution in [0.25, 0.3) is 0 Å². The van der Waals surface area contributed by atoms with E-state index in [-0.39, 0.29) is 17.0 Å². The molecule has 208 valence electrons. The Kier molecular flexibility index (Phi) is 31.0. The predicted molar refractivity (Wildman–Crippen MR) is 169 cm³/mol. The molecule has 0 aliphatic rings. The highest BCUT2D eigenvalue weighted by Gasteiger charge is 2.32. The Hall–Kier alpha value is 0.910. The lowest BCUT2D eigenvalue weighted by molar-refractivity contribution is 0.269. The second-order valence-electron chi connectivity index (χ2n) is 11.4. The van der Waals surface area contributed by atoms with Gasteiger partial charge >= 0.3 is 0 Å². The van der Waals surface area contributed by atoms with Gasteiger partial charge in [-0.3, -0.25) is 0 Å². The van der Waals surface area contributed by atoms with Crippen LogP contribution in [0.1, 0.15) is 195 Å². The van der Waals surface area contributed by atoms with Crippen LogP contribution in [0.5, 0.6) is 0 Å². The third-order valence-corrected chi connectivity index (χ3v) is 9.17. The quantitative estimate of drug-likeness (QED) is 0.0689. The van der Waals surface area contributed by atoms with E-state index in [9.17, 15) is 0 Å². The van der Waals surface area contributed by atoms with Crippen LogP contribution in [0, 0.1) is 5.92 Å². The van der Waals surface area contributed by atoms with Crippen LogP contribution in [0.4, 0.5) is 0 Å². The Morgan fingerprint density at radius 3 is 1.00 bits per heavy atom. The van der Waals surface area contributed by atoms with Crippen LogP contribution in [-0.4, -0.2) is 5.16 Å². The summed E-state index contributed by atoms with van der Waals surface area (Å²) in [6.45, 7) is 9.35. The van der Waals surface area contributed by atoms with Crippen LogP contribution >= 0.6 is 26.2 Å². The number of rotatable bonds is 27. The fraction of sp³-hybridized carbons (Fsp3) is 1.00. The highest BCUT2D eigenvalue weighted by Crippen LogP contribution is 2.44. The molecule has 0 aliphatic heterocycles. The summed E-state index contributed by atoms with van der Waals surface area (Å²) in [4.78, 5) is 0. The summed E-state index contributed by atoms with van der Waals surface area (Å²) in [5, 5.41) is 0.519. The SMILES string of the molecule is Br.CCCCCCCCCC(CCCCCCC)C(P)(CCCCCCC)CCCCCCC. The molecule has 0 fully saturated rings. The van der Waals surface area contributed by atoms with Crippen molar-refractivity contribution in [2.24, 2.45) is 5.92 Å². The van der Waals surface area contributed by atoms with Gasteiger partial charge < -0.3 is 0 Å². The molecule has 0 nitrogen and oxygen atoms in total. The van der Waals surface area contributed by atoms with Gasteiger partial charge in [-0.25, -0.2) is 0 Å². The molecular formula is C32H68BrP. The molecule has 0 aromatic carbocycles. The highest BCUT2D eigenvalue weighted by molar-refractivity contribution is 8.93. The van der Waals surface area contributed by atoms with Crippen LogP contribution in [0.3, 0.4) is 0 Å². The Bertz CT molecular complexity index is 356. The van der Waals surface area contributed by atoms with Crippen molar-refractivity contribution in [2.45, 2.75) is 200 Å². The number of halogens is 1. The lowest BCUT2D eigenvalue weighted by Gasteiger charge is -2.39. The van der Waals surface area contributed by atoms with Gasteiger partial charge in [0, 0.05) is 0 Å². The molecule has 0 heterocycles. The normalized spacial score (nSPS) is 12.6. The van der Waals surface area contributed by atoms with E-state index >= 15 is 0 Å². The lowest BCUT2D eigenvalue weighted by Crippen LogP contribution is -2.32. The zero-order chi connectivity index (χ0) is 24.5. The molecule has 0 saturated heterocycles. The zero-order valence-corrected chi connectivity index (χ0v) is 27.3. The van der Waals surface area contributed by atoms with Gasteiger partial charge in [0.25, 0.3) is 0 Å². The largest absolute Gasteiger partial charge is 0.131 e. The Balaban J connectivity index is 0. The van der Waals surface area contributed by atoms with Crippen molar-refractivity contribution < 1.29 is 0 Å². The average molecular weight is 564 g/mol. The summed E-state index contributed by atoms with van der Waals surface area (Å²) in [5.74, 6) is 0.942. The third-order valence-electron chi connectivity index (χ3n) is 8.12. The molecule has 0 aromatic heterocycles. The molecule has 2 heteroatoms. The Labute approximate surface area is 231 Å². The van der Waals surface area contributed by atoms with Gasteiger partial charge in [-0.2, -0.15) is 0 Å². The van der Waals surface area contributed by atoms with Crippen molar-refractivity contribution in [2.75, 3.05) is 0 Å². The lowest BCUT2D eigenvalue weighted by atomic mass is 9.77. The van der Waals surface area contributed by atoms with E-state index in [1.807, 2.05) is 0 Å². The fourth-order valence-corrected chi connectivity index (χ4v) is 6.45. The maximum absolute atomic E-state index is 3.50. The van der Waals surface area contributed by atoms with Gasteiger partial charge in [-0.15, -0.1) is 26.2 Å². The predicted octanol–water partition coefficient (Wildman–Crippen LogP) is 13.0. The van der Waals surface area contributed by atoms with Crippen molar-refractivity contribution >= 4 is 26.2 Å². The summed E-state index contributed by atoms with van der Waals surface area (Å²) < 4.78 is 0. The molecule has 0 spiro atoms. The topological polar surface area (TPSA) is 0 Å². The molecule has 0 saturated carbocycles. The molecule has 0 amide bonds. The molecular weight excluding hydrogens is 495 g/mol. The van der Waals surface area contributed by atoms with E-state index in [1.54, 1.807) is 0 Å². The smallest absolute Gasteiger partial charge is 0.0122 e. The van der Waals surface area contributed by atoms with E-state index < -0.39 is 0 Å². The van der Waals surface area contributed by atoms with Crippen molar-refractivity contribution in [3.63, 3.8) is 0 Å². The number of hydrogen-bond donors (Lipinski definition) is 0. The van der Waals surface area contributed by atoms with Gasteiger partial charge in [0.15, 0.2) is 0 Å². The molecule has 2 unspecified atom stereocenters. The molecule has 34 heavy (non-hydrogen) atoms. The van der Waals surface area contributed by atoms with Crippen molar-refractivity contribution in [1.82, 2.24) is 0 Å². The zero-order valence-electron chi connectivity index (χ0n) is 24.4. The molecule has 0 N–H and O–H groups in total. The summed E-state index contributed by atoms with van der Waals surface area (Å²) >= 11 is 0. The number of unbranched alkanes of at least 4 members (excludes halogenated alkanes) is 18. The van der Waals surface area contributed by atoms with Gasteiger partial charge in [-0.1, -0.05) is 169 Å². The van der Waals surface area contributed by atoms with E-state index in [0.717, 1.165) is 5.92 Å². The molecule has 0 radical (unpaired) electrons. The second kappa shape index (κ2) is 28.5. The van der Waals surface area contributed by atoms with Crippen LogP contribution < -0.4 is 0 Å². The Morgan fingerprint density at radius 2 is 0.676 bits per heavy atom. The minimum Gasteiger partial charge on any atom is -0.131 e. The monoisotopic (exact) mass is 562 g/mol. The first-order valence-electron chi connectivity index (χ1n) is 15.9. The summed E-state index contributed by atoms with van der Waals surface area (Å²) in [7, 11) is 3.50. The molecule has 0 rings (SSSR count). The van der Waals surface area contributed by atoms with Crippen molar-refractivity contribution in [1.29, 1.82) is 0 Å². The second-order valence-corrected chi connectivity index (χ2v) is 12.5. The summed E-state index contributed by atoms with van der Waals surface area (Å²) in [6.07, 6.45) is 37.6. The van der Waals surface area contributed by atoms with Gasteiger partial charge in [-0.05, 0) is 36.8 Å². The highest BCUT2D eigenvalue weighted by atomic mass is 79.9.